The number of benzene rings is 2. The van der Waals surface area contributed by atoms with Crippen LogP contribution in [-0.4, -0.2) is 28.5 Å². The molecule has 0 saturated carbocycles. The number of hydrogen-bond acceptors (Lipinski definition) is 4. The monoisotopic (exact) mass is 366 g/mol. The minimum Gasteiger partial charge on any atom is -0.325 e. The van der Waals surface area contributed by atoms with Crippen molar-refractivity contribution in [3.8, 4) is 0 Å². The Bertz CT molecular complexity index is 904. The fraction of sp³-hybridized carbons (Fsp3) is 0.150. The van der Waals surface area contributed by atoms with Gasteiger partial charge in [-0.25, -0.2) is 0 Å². The third-order valence-electron chi connectivity index (χ3n) is 3.85. The lowest BCUT2D eigenvalue weighted by molar-refractivity contribution is -0.127. The Morgan fingerprint density at radius 3 is 2.50 bits per heavy atom. The fourth-order valence-corrected chi connectivity index (χ4v) is 3.36. The first-order valence-corrected chi connectivity index (χ1v) is 8.92. The van der Waals surface area contributed by atoms with Crippen molar-refractivity contribution in [3.05, 3.63) is 70.1 Å². The second-order valence-corrected chi connectivity index (χ2v) is 7.09. The van der Waals surface area contributed by atoms with E-state index in [1.807, 2.05) is 56.3 Å². The normalized spacial score (nSPS) is 15.6. The molecule has 3 amide bonds. The molecule has 0 atom stereocenters. The van der Waals surface area contributed by atoms with Crippen molar-refractivity contribution in [3.63, 3.8) is 0 Å². The molecule has 26 heavy (non-hydrogen) atoms. The number of nitrogens with zero attached hydrogens (tertiary/aromatic N) is 1. The van der Waals surface area contributed by atoms with Crippen molar-refractivity contribution >= 4 is 40.6 Å². The predicted molar refractivity (Wildman–Crippen MR) is 104 cm³/mol. The summed E-state index contributed by atoms with van der Waals surface area (Å²) in [5, 5.41) is 2.27. The van der Waals surface area contributed by atoms with Crippen LogP contribution < -0.4 is 5.32 Å². The topological polar surface area (TPSA) is 66.5 Å². The number of hydrogen-bond donors (Lipinski definition) is 1. The Kier molecular flexibility index (Phi) is 5.23. The Labute approximate surface area is 156 Å². The highest BCUT2D eigenvalue weighted by atomic mass is 32.2. The number of thioether (sulfide) groups is 1. The summed E-state index contributed by atoms with van der Waals surface area (Å²) >= 11 is 0.850. The lowest BCUT2D eigenvalue weighted by Crippen LogP contribution is -2.36. The molecule has 1 aliphatic heterocycles. The zero-order chi connectivity index (χ0) is 18.7. The number of aryl methyl sites for hydroxylation is 2. The van der Waals surface area contributed by atoms with Crippen LogP contribution in [0.1, 0.15) is 16.7 Å². The minimum atomic E-state index is -0.444. The number of anilines is 1. The first kappa shape index (κ1) is 17.9. The first-order valence-electron chi connectivity index (χ1n) is 8.11. The van der Waals surface area contributed by atoms with Crippen LogP contribution in [0, 0.1) is 13.8 Å². The minimum absolute atomic E-state index is 0.302. The fourth-order valence-electron chi connectivity index (χ4n) is 2.52. The summed E-state index contributed by atoms with van der Waals surface area (Å²) in [5.41, 5.74) is 3.60. The molecule has 0 unspecified atom stereocenters. The maximum Gasteiger partial charge on any atom is 0.294 e. The highest BCUT2D eigenvalue weighted by molar-refractivity contribution is 8.18. The lowest BCUT2D eigenvalue weighted by Gasteiger charge is -2.12. The van der Waals surface area contributed by atoms with Crippen LogP contribution >= 0.6 is 11.8 Å². The smallest absolute Gasteiger partial charge is 0.294 e. The van der Waals surface area contributed by atoms with Crippen molar-refractivity contribution < 1.29 is 14.4 Å². The molecule has 0 aromatic heterocycles. The summed E-state index contributed by atoms with van der Waals surface area (Å²) < 4.78 is 0. The SMILES string of the molecule is Cc1ccc(C=C2SC(=O)N(CC(=O)Nc3cccc(C)c3)C2=O)cc1. The van der Waals surface area contributed by atoms with E-state index in [0.717, 1.165) is 33.4 Å². The average Bonchev–Trinajstić information content (AvgIpc) is 2.84. The maximum atomic E-state index is 12.5. The molecule has 0 bridgehead atoms. The van der Waals surface area contributed by atoms with Crippen molar-refractivity contribution in [1.82, 2.24) is 4.90 Å². The Morgan fingerprint density at radius 1 is 1.08 bits per heavy atom. The van der Waals surface area contributed by atoms with E-state index in [-0.39, 0.29) is 6.54 Å². The molecule has 1 heterocycles. The van der Waals surface area contributed by atoms with Crippen molar-refractivity contribution in [2.24, 2.45) is 0 Å². The largest absolute Gasteiger partial charge is 0.325 e. The van der Waals surface area contributed by atoms with E-state index in [4.69, 9.17) is 0 Å². The molecule has 1 fully saturated rings. The average molecular weight is 366 g/mol. The van der Waals surface area contributed by atoms with Crippen LogP contribution in [0.4, 0.5) is 10.5 Å². The Balaban J connectivity index is 1.69. The molecular weight excluding hydrogens is 348 g/mol. The van der Waals surface area contributed by atoms with Crippen LogP contribution in [0.15, 0.2) is 53.4 Å². The molecule has 0 radical (unpaired) electrons. The van der Waals surface area contributed by atoms with Gasteiger partial charge < -0.3 is 5.32 Å². The van der Waals surface area contributed by atoms with Crippen LogP contribution in [0.3, 0.4) is 0 Å². The molecule has 1 saturated heterocycles. The molecule has 6 heteroatoms. The summed E-state index contributed by atoms with van der Waals surface area (Å²) in [6.07, 6.45) is 1.67. The number of rotatable bonds is 4. The second-order valence-electron chi connectivity index (χ2n) is 6.10. The van der Waals surface area contributed by atoms with Crippen molar-refractivity contribution in [2.45, 2.75) is 13.8 Å². The van der Waals surface area contributed by atoms with Gasteiger partial charge in [0.25, 0.3) is 11.1 Å². The molecule has 1 N–H and O–H groups in total. The number of amides is 3. The highest BCUT2D eigenvalue weighted by Crippen LogP contribution is 2.32. The standard InChI is InChI=1S/C20H18N2O3S/c1-13-6-8-15(9-7-13)11-17-19(24)22(20(25)26-17)12-18(23)21-16-5-3-4-14(2)10-16/h3-11H,12H2,1-2H3,(H,21,23). The number of imide groups is 1. The first-order chi connectivity index (χ1) is 12.4. The van der Waals surface area contributed by atoms with E-state index in [0.29, 0.717) is 10.6 Å². The molecule has 0 spiro atoms. The van der Waals surface area contributed by atoms with Gasteiger partial charge in [-0.1, -0.05) is 42.0 Å². The molecule has 2 aromatic rings. The van der Waals surface area contributed by atoms with Gasteiger partial charge in [-0.2, -0.15) is 0 Å². The predicted octanol–water partition coefficient (Wildman–Crippen LogP) is 3.98. The van der Waals surface area contributed by atoms with Gasteiger partial charge in [0.05, 0.1) is 4.91 Å². The maximum absolute atomic E-state index is 12.5. The van der Waals surface area contributed by atoms with Gasteiger partial charge in [0.1, 0.15) is 6.54 Å². The van der Waals surface area contributed by atoms with Gasteiger partial charge in [-0.3, -0.25) is 19.3 Å². The number of carbonyl (C=O) groups is 3. The molecule has 5 nitrogen and oxygen atoms in total. The van der Waals surface area contributed by atoms with Gasteiger partial charge in [0.15, 0.2) is 0 Å². The van der Waals surface area contributed by atoms with E-state index in [1.54, 1.807) is 12.1 Å². The van der Waals surface area contributed by atoms with Gasteiger partial charge in [0, 0.05) is 5.69 Å². The van der Waals surface area contributed by atoms with E-state index in [2.05, 4.69) is 5.32 Å². The third-order valence-corrected chi connectivity index (χ3v) is 4.76. The zero-order valence-electron chi connectivity index (χ0n) is 14.5. The summed E-state index contributed by atoms with van der Waals surface area (Å²) in [5.74, 6) is -0.852. The molecule has 132 valence electrons. The summed E-state index contributed by atoms with van der Waals surface area (Å²) in [7, 11) is 0. The molecule has 0 aliphatic carbocycles. The van der Waals surface area contributed by atoms with Crippen LogP contribution in [0.5, 0.6) is 0 Å². The zero-order valence-corrected chi connectivity index (χ0v) is 15.3. The van der Waals surface area contributed by atoms with Crippen molar-refractivity contribution in [1.29, 1.82) is 0 Å². The van der Waals surface area contributed by atoms with E-state index >= 15 is 0 Å². The van der Waals surface area contributed by atoms with Crippen molar-refractivity contribution in [2.75, 3.05) is 11.9 Å². The molecule has 1 aliphatic rings. The van der Waals surface area contributed by atoms with Crippen LogP contribution in [0.2, 0.25) is 0 Å². The van der Waals surface area contributed by atoms with Crippen LogP contribution in [0.25, 0.3) is 6.08 Å². The summed E-state index contributed by atoms with van der Waals surface area (Å²) in [4.78, 5) is 38.1. The molecule has 2 aromatic carbocycles. The quantitative estimate of drug-likeness (QED) is 0.831. The van der Waals surface area contributed by atoms with E-state index < -0.39 is 17.1 Å². The summed E-state index contributed by atoms with van der Waals surface area (Å²) in [6, 6.07) is 15.0. The van der Waals surface area contributed by atoms with E-state index in [1.165, 1.54) is 0 Å². The Hall–Kier alpha value is -2.86. The highest BCUT2D eigenvalue weighted by Gasteiger charge is 2.36. The third kappa shape index (κ3) is 4.21. The van der Waals surface area contributed by atoms with Gasteiger partial charge >= 0.3 is 0 Å². The molecule has 3 rings (SSSR count). The van der Waals surface area contributed by atoms with Gasteiger partial charge in [-0.05, 0) is 54.9 Å². The summed E-state index contributed by atoms with van der Waals surface area (Å²) in [6.45, 7) is 3.59. The van der Waals surface area contributed by atoms with Crippen LogP contribution in [-0.2, 0) is 9.59 Å². The van der Waals surface area contributed by atoms with Gasteiger partial charge in [0.2, 0.25) is 5.91 Å². The lowest BCUT2D eigenvalue weighted by atomic mass is 10.1. The number of nitrogens with one attached hydrogen (secondary N) is 1. The Morgan fingerprint density at radius 2 is 1.81 bits per heavy atom. The van der Waals surface area contributed by atoms with Gasteiger partial charge in [-0.15, -0.1) is 0 Å². The van der Waals surface area contributed by atoms with E-state index in [9.17, 15) is 14.4 Å². The molecular formula is C20H18N2O3S. The second kappa shape index (κ2) is 7.58. The number of carbonyl (C=O) groups excluding carboxylic acids is 3.